The first kappa shape index (κ1) is 14.9. The molecule has 1 aliphatic heterocycles. The molecule has 0 N–H and O–H groups in total. The van der Waals surface area contributed by atoms with E-state index in [-0.39, 0.29) is 6.10 Å². The number of hydrogen-bond acceptors (Lipinski definition) is 5. The molecule has 1 fully saturated rings. The summed E-state index contributed by atoms with van der Waals surface area (Å²) < 4.78 is 10.2. The van der Waals surface area contributed by atoms with E-state index in [1.807, 2.05) is 20.2 Å². The van der Waals surface area contributed by atoms with Crippen LogP contribution in [0.2, 0.25) is 0 Å². The van der Waals surface area contributed by atoms with Crippen molar-refractivity contribution in [3.05, 3.63) is 40.7 Å². The minimum atomic E-state index is 0.0358. The third kappa shape index (κ3) is 2.69. The van der Waals surface area contributed by atoms with Crippen LogP contribution >= 0.6 is 11.3 Å². The van der Waals surface area contributed by atoms with Crippen molar-refractivity contribution in [2.75, 3.05) is 19.7 Å². The molecule has 6 nitrogen and oxygen atoms in total. The van der Waals surface area contributed by atoms with Crippen LogP contribution in [0.1, 0.15) is 29.0 Å². The van der Waals surface area contributed by atoms with Crippen LogP contribution in [0.5, 0.6) is 0 Å². The average Bonchev–Trinajstić information content (AvgIpc) is 3.17. The number of nitrogens with zero attached hydrogens (tertiary/aromatic N) is 5. The smallest absolute Gasteiger partial charge is 0.194 e. The van der Waals surface area contributed by atoms with E-state index in [1.165, 1.54) is 5.69 Å². The number of hydrogen-bond donors (Lipinski definition) is 0. The lowest BCUT2D eigenvalue weighted by Crippen LogP contribution is -2.39. The van der Waals surface area contributed by atoms with Crippen LogP contribution in [0, 0.1) is 13.8 Å². The van der Waals surface area contributed by atoms with E-state index >= 15 is 0 Å². The monoisotopic (exact) mass is 331 g/mol. The summed E-state index contributed by atoms with van der Waals surface area (Å²) in [6, 6.07) is 0. The maximum Gasteiger partial charge on any atom is 0.194 e. The second kappa shape index (κ2) is 5.74. The molecule has 1 saturated heterocycles. The molecule has 3 aromatic rings. The highest BCUT2D eigenvalue weighted by Gasteiger charge is 2.26. The first-order chi connectivity index (χ1) is 11.1. The minimum absolute atomic E-state index is 0.0358. The Kier molecular flexibility index (Phi) is 3.71. The molecule has 0 spiro atoms. The van der Waals surface area contributed by atoms with E-state index in [0.29, 0.717) is 0 Å². The van der Waals surface area contributed by atoms with Crippen molar-refractivity contribution in [1.29, 1.82) is 0 Å². The van der Waals surface area contributed by atoms with Crippen LogP contribution in [0.15, 0.2) is 17.8 Å². The maximum absolute atomic E-state index is 5.96. The molecule has 0 amide bonds. The zero-order valence-electron chi connectivity index (χ0n) is 13.7. The Morgan fingerprint density at radius 2 is 2.22 bits per heavy atom. The van der Waals surface area contributed by atoms with E-state index < -0.39 is 0 Å². The molecule has 0 saturated carbocycles. The molecule has 1 atom stereocenters. The van der Waals surface area contributed by atoms with Gasteiger partial charge in [0.25, 0.3) is 0 Å². The summed E-state index contributed by atoms with van der Waals surface area (Å²) >= 11 is 1.68. The maximum atomic E-state index is 5.96. The highest BCUT2D eigenvalue weighted by atomic mass is 32.1. The first-order valence-electron chi connectivity index (χ1n) is 7.86. The van der Waals surface area contributed by atoms with E-state index in [2.05, 4.69) is 42.3 Å². The van der Waals surface area contributed by atoms with Crippen molar-refractivity contribution < 1.29 is 4.74 Å². The molecule has 0 aliphatic carbocycles. The van der Waals surface area contributed by atoms with E-state index in [0.717, 1.165) is 48.4 Å². The molecule has 122 valence electrons. The molecule has 4 rings (SSSR count). The van der Waals surface area contributed by atoms with Gasteiger partial charge in [0.05, 0.1) is 23.7 Å². The van der Waals surface area contributed by atoms with Gasteiger partial charge in [-0.25, -0.2) is 9.97 Å². The summed E-state index contributed by atoms with van der Waals surface area (Å²) in [5, 5.41) is 2.09. The Hall–Kier alpha value is -1.70. The largest absolute Gasteiger partial charge is 0.368 e. The predicted octanol–water partition coefficient (Wildman–Crippen LogP) is 2.32. The predicted molar refractivity (Wildman–Crippen MR) is 89.7 cm³/mol. The molecule has 7 heteroatoms. The zero-order valence-corrected chi connectivity index (χ0v) is 14.5. The van der Waals surface area contributed by atoms with Gasteiger partial charge in [0.1, 0.15) is 11.9 Å². The second-order valence-corrected chi connectivity index (χ2v) is 7.02. The van der Waals surface area contributed by atoms with Gasteiger partial charge in [-0.2, -0.15) is 0 Å². The lowest BCUT2D eigenvalue weighted by atomic mass is 10.2. The number of rotatable bonds is 3. The first-order valence-corrected chi connectivity index (χ1v) is 8.74. The lowest BCUT2D eigenvalue weighted by molar-refractivity contribution is -0.0388. The van der Waals surface area contributed by atoms with Crippen molar-refractivity contribution >= 4 is 16.3 Å². The van der Waals surface area contributed by atoms with Gasteiger partial charge in [-0.15, -0.1) is 11.3 Å². The van der Waals surface area contributed by atoms with Gasteiger partial charge < -0.3 is 9.30 Å². The third-order valence-electron chi connectivity index (χ3n) is 4.41. The van der Waals surface area contributed by atoms with Crippen LogP contribution in [0.3, 0.4) is 0 Å². The number of morpholine rings is 1. The highest BCUT2D eigenvalue weighted by Crippen LogP contribution is 2.24. The van der Waals surface area contributed by atoms with Gasteiger partial charge in [-0.05, 0) is 13.8 Å². The van der Waals surface area contributed by atoms with Crippen molar-refractivity contribution in [2.24, 2.45) is 7.05 Å². The fraction of sp³-hybridized carbons (Fsp3) is 0.500. The van der Waals surface area contributed by atoms with Crippen LogP contribution in [-0.4, -0.2) is 43.5 Å². The molecule has 0 aromatic carbocycles. The van der Waals surface area contributed by atoms with Crippen molar-refractivity contribution in [3.8, 4) is 0 Å². The quantitative estimate of drug-likeness (QED) is 0.739. The van der Waals surface area contributed by atoms with Gasteiger partial charge in [-0.3, -0.25) is 9.30 Å². The number of fused-ring (bicyclic) bond motifs is 1. The van der Waals surface area contributed by atoms with Crippen LogP contribution in [0.25, 0.3) is 4.96 Å². The van der Waals surface area contributed by atoms with Crippen molar-refractivity contribution in [1.82, 2.24) is 23.8 Å². The number of aromatic nitrogens is 4. The van der Waals surface area contributed by atoms with Gasteiger partial charge >= 0.3 is 0 Å². The molecule has 0 bridgehead atoms. The normalized spacial score (nSPS) is 19.7. The van der Waals surface area contributed by atoms with Crippen LogP contribution < -0.4 is 0 Å². The molecule has 0 unspecified atom stereocenters. The van der Waals surface area contributed by atoms with Gasteiger partial charge in [0.15, 0.2) is 4.96 Å². The molecule has 3 aromatic heterocycles. The SMILES string of the molecule is Cc1cn(C)c([C@@H]2CN(Cc3c(C)nc4sccn34)CCO2)n1. The Morgan fingerprint density at radius 3 is 3.00 bits per heavy atom. The third-order valence-corrected chi connectivity index (χ3v) is 5.16. The minimum Gasteiger partial charge on any atom is -0.368 e. The Bertz CT molecular complexity index is 833. The lowest BCUT2D eigenvalue weighted by Gasteiger charge is -2.32. The van der Waals surface area contributed by atoms with Gasteiger partial charge in [0, 0.05) is 44.5 Å². The molecular weight excluding hydrogens is 310 g/mol. The topological polar surface area (TPSA) is 47.6 Å². The number of imidazole rings is 2. The second-order valence-electron chi connectivity index (χ2n) is 6.15. The summed E-state index contributed by atoms with van der Waals surface area (Å²) in [6.07, 6.45) is 4.19. The van der Waals surface area contributed by atoms with E-state index in [9.17, 15) is 0 Å². The van der Waals surface area contributed by atoms with Gasteiger partial charge in [0.2, 0.25) is 0 Å². The van der Waals surface area contributed by atoms with E-state index in [1.54, 1.807) is 11.3 Å². The van der Waals surface area contributed by atoms with E-state index in [4.69, 9.17) is 4.74 Å². The molecule has 0 radical (unpaired) electrons. The standard InChI is InChI=1S/C16H21N5OS/c1-11-8-19(3)15(17-11)14-10-20(4-6-22-14)9-13-12(2)18-16-21(13)5-7-23-16/h5,7-8,14H,4,6,9-10H2,1-3H3/t14-/m0/s1. The fourth-order valence-electron chi connectivity index (χ4n) is 3.28. The molecule has 23 heavy (non-hydrogen) atoms. The summed E-state index contributed by atoms with van der Waals surface area (Å²) in [5.41, 5.74) is 3.43. The summed E-state index contributed by atoms with van der Waals surface area (Å²) in [7, 11) is 2.04. The summed E-state index contributed by atoms with van der Waals surface area (Å²) in [5.74, 6) is 1.01. The number of ether oxygens (including phenoxy) is 1. The highest BCUT2D eigenvalue weighted by molar-refractivity contribution is 7.15. The number of aryl methyl sites for hydroxylation is 3. The fourth-order valence-corrected chi connectivity index (χ4v) is 4.06. The average molecular weight is 331 g/mol. The van der Waals surface area contributed by atoms with Crippen molar-refractivity contribution in [2.45, 2.75) is 26.5 Å². The Balaban J connectivity index is 1.54. The van der Waals surface area contributed by atoms with Gasteiger partial charge in [-0.1, -0.05) is 0 Å². The Labute approximate surface area is 139 Å². The summed E-state index contributed by atoms with van der Waals surface area (Å²) in [6.45, 7) is 7.55. The molecular formula is C16H21N5OS. The molecule has 1 aliphatic rings. The van der Waals surface area contributed by atoms with Crippen LogP contribution in [-0.2, 0) is 18.3 Å². The number of thiazole rings is 1. The zero-order chi connectivity index (χ0) is 16.0. The van der Waals surface area contributed by atoms with Crippen LogP contribution in [0.4, 0.5) is 0 Å². The van der Waals surface area contributed by atoms with Crippen molar-refractivity contribution in [3.63, 3.8) is 0 Å². The molecule has 4 heterocycles. The Morgan fingerprint density at radius 1 is 1.35 bits per heavy atom. The summed E-state index contributed by atoms with van der Waals surface area (Å²) in [4.78, 5) is 12.8.